The van der Waals surface area contributed by atoms with E-state index in [2.05, 4.69) is 27.3 Å². The Morgan fingerprint density at radius 1 is 1.11 bits per heavy atom. The second-order valence-corrected chi connectivity index (χ2v) is 8.41. The predicted molar refractivity (Wildman–Crippen MR) is 109 cm³/mol. The van der Waals surface area contributed by atoms with E-state index in [0.717, 1.165) is 32.0 Å². The van der Waals surface area contributed by atoms with Gasteiger partial charge in [-0.1, -0.05) is 12.1 Å². The molecule has 0 unspecified atom stereocenters. The van der Waals surface area contributed by atoms with Gasteiger partial charge in [-0.15, -0.1) is 0 Å². The summed E-state index contributed by atoms with van der Waals surface area (Å²) < 4.78 is 5.19. The molecule has 2 amide bonds. The number of amides is 2. The van der Waals surface area contributed by atoms with Gasteiger partial charge in [-0.25, -0.2) is 0 Å². The average molecular weight is 392 g/mol. The van der Waals surface area contributed by atoms with Crippen molar-refractivity contribution in [1.82, 2.24) is 10.2 Å². The molecule has 3 rings (SSSR count). The first kappa shape index (κ1) is 20.0. The standard InChI is InChI=1S/C20H29N3O3S/c1-26-18-5-3-2-4-17(18)22-20(25)19(24)21-14-15-6-10-23(11-7-15)16-8-12-27-13-9-16/h2-5,15-16H,6-14H2,1H3,(H,21,24)(H,22,25). The van der Waals surface area contributed by atoms with E-state index >= 15 is 0 Å². The third kappa shape index (κ3) is 5.62. The molecule has 27 heavy (non-hydrogen) atoms. The van der Waals surface area contributed by atoms with Crippen LogP contribution in [0.3, 0.4) is 0 Å². The number of hydrogen-bond acceptors (Lipinski definition) is 5. The lowest BCUT2D eigenvalue weighted by Gasteiger charge is -2.39. The molecule has 2 heterocycles. The molecular weight excluding hydrogens is 362 g/mol. The molecule has 1 aromatic carbocycles. The second kappa shape index (κ2) is 9.99. The molecule has 6 nitrogen and oxygen atoms in total. The largest absolute Gasteiger partial charge is 0.495 e. The zero-order chi connectivity index (χ0) is 19.1. The number of carbonyl (C=O) groups is 2. The van der Waals surface area contributed by atoms with Gasteiger partial charge < -0.3 is 20.3 Å². The van der Waals surface area contributed by atoms with Crippen molar-refractivity contribution in [1.29, 1.82) is 0 Å². The van der Waals surface area contributed by atoms with Crippen LogP contribution in [-0.2, 0) is 9.59 Å². The van der Waals surface area contributed by atoms with Gasteiger partial charge in [0, 0.05) is 12.6 Å². The zero-order valence-corrected chi connectivity index (χ0v) is 16.7. The van der Waals surface area contributed by atoms with Gasteiger partial charge in [0.1, 0.15) is 5.75 Å². The first-order chi connectivity index (χ1) is 13.2. The molecule has 0 saturated carbocycles. The highest BCUT2D eigenvalue weighted by atomic mass is 32.2. The molecule has 0 atom stereocenters. The smallest absolute Gasteiger partial charge is 0.313 e. The maximum absolute atomic E-state index is 12.1. The number of ether oxygens (including phenoxy) is 1. The predicted octanol–water partition coefficient (Wildman–Crippen LogP) is 2.36. The Kier molecular flexibility index (Phi) is 7.41. The van der Waals surface area contributed by atoms with Crippen LogP contribution in [0.25, 0.3) is 0 Å². The molecule has 0 bridgehead atoms. The summed E-state index contributed by atoms with van der Waals surface area (Å²) in [6.45, 7) is 2.76. The minimum absolute atomic E-state index is 0.447. The van der Waals surface area contributed by atoms with E-state index in [4.69, 9.17) is 4.74 Å². The van der Waals surface area contributed by atoms with Crippen molar-refractivity contribution in [2.75, 3.05) is 43.6 Å². The van der Waals surface area contributed by atoms with Crippen molar-refractivity contribution >= 4 is 29.3 Å². The van der Waals surface area contributed by atoms with E-state index in [9.17, 15) is 9.59 Å². The van der Waals surface area contributed by atoms with Crippen LogP contribution in [0.2, 0.25) is 0 Å². The van der Waals surface area contributed by atoms with Crippen LogP contribution in [0.4, 0.5) is 5.69 Å². The number of anilines is 1. The fourth-order valence-corrected chi connectivity index (χ4v) is 4.90. The van der Waals surface area contributed by atoms with Crippen LogP contribution in [0.5, 0.6) is 5.75 Å². The van der Waals surface area contributed by atoms with E-state index in [1.807, 2.05) is 6.07 Å². The summed E-state index contributed by atoms with van der Waals surface area (Å²) in [4.78, 5) is 26.9. The highest BCUT2D eigenvalue weighted by Gasteiger charge is 2.27. The number of likely N-dealkylation sites (tertiary alicyclic amines) is 1. The third-order valence-corrected chi connectivity index (χ3v) is 6.52. The number of piperidine rings is 1. The van der Waals surface area contributed by atoms with Gasteiger partial charge in [0.25, 0.3) is 0 Å². The number of methoxy groups -OCH3 is 1. The minimum atomic E-state index is -0.656. The van der Waals surface area contributed by atoms with Crippen LogP contribution in [0, 0.1) is 5.92 Å². The summed E-state index contributed by atoms with van der Waals surface area (Å²) in [6, 6.07) is 7.80. The Labute approximate surface area is 165 Å². The van der Waals surface area contributed by atoms with Gasteiger partial charge in [-0.3, -0.25) is 9.59 Å². The first-order valence-corrected chi connectivity index (χ1v) is 10.9. The van der Waals surface area contributed by atoms with Crippen molar-refractivity contribution < 1.29 is 14.3 Å². The molecule has 0 spiro atoms. The van der Waals surface area contributed by atoms with Gasteiger partial charge in [-0.05, 0) is 68.3 Å². The van der Waals surface area contributed by atoms with Crippen LogP contribution in [0.1, 0.15) is 25.7 Å². The molecule has 2 fully saturated rings. The molecule has 2 aliphatic rings. The molecule has 0 aromatic heterocycles. The summed E-state index contributed by atoms with van der Waals surface area (Å²) in [6.07, 6.45) is 4.76. The summed E-state index contributed by atoms with van der Waals surface area (Å²) in [5.74, 6) is 2.29. The maximum atomic E-state index is 12.1. The normalized spacial score (nSPS) is 19.4. The molecule has 2 N–H and O–H groups in total. The second-order valence-electron chi connectivity index (χ2n) is 7.19. The Morgan fingerprint density at radius 3 is 2.52 bits per heavy atom. The fraction of sp³-hybridized carbons (Fsp3) is 0.600. The monoisotopic (exact) mass is 391 g/mol. The number of nitrogens with one attached hydrogen (secondary N) is 2. The van der Waals surface area contributed by atoms with E-state index in [1.165, 1.54) is 31.5 Å². The molecule has 2 saturated heterocycles. The molecule has 0 aliphatic carbocycles. The van der Waals surface area contributed by atoms with Gasteiger partial charge in [0.15, 0.2) is 0 Å². The number of benzene rings is 1. The van der Waals surface area contributed by atoms with E-state index in [1.54, 1.807) is 18.2 Å². The highest BCUT2D eigenvalue weighted by molar-refractivity contribution is 7.99. The number of nitrogens with zero attached hydrogens (tertiary/aromatic N) is 1. The highest BCUT2D eigenvalue weighted by Crippen LogP contribution is 2.26. The number of rotatable bonds is 5. The summed E-state index contributed by atoms with van der Waals surface area (Å²) in [7, 11) is 1.53. The molecule has 0 radical (unpaired) electrons. The number of hydrogen-bond donors (Lipinski definition) is 2. The molecule has 7 heteroatoms. The lowest BCUT2D eigenvalue weighted by Crippen LogP contribution is -2.45. The van der Waals surface area contributed by atoms with Gasteiger partial charge in [-0.2, -0.15) is 11.8 Å². The van der Waals surface area contributed by atoms with Crippen LogP contribution in [0.15, 0.2) is 24.3 Å². The summed E-state index contributed by atoms with van der Waals surface area (Å²) in [5, 5.41) is 5.40. The van der Waals surface area contributed by atoms with Crippen LogP contribution >= 0.6 is 11.8 Å². The van der Waals surface area contributed by atoms with E-state index in [-0.39, 0.29) is 0 Å². The lowest BCUT2D eigenvalue weighted by atomic mass is 9.94. The summed E-state index contributed by atoms with van der Waals surface area (Å²) >= 11 is 2.06. The number of thioether (sulfide) groups is 1. The molecule has 2 aliphatic heterocycles. The number of para-hydroxylation sites is 2. The summed E-state index contributed by atoms with van der Waals surface area (Å²) in [5.41, 5.74) is 0.499. The van der Waals surface area contributed by atoms with Crippen molar-refractivity contribution in [2.24, 2.45) is 5.92 Å². The lowest BCUT2D eigenvalue weighted by molar-refractivity contribution is -0.136. The maximum Gasteiger partial charge on any atom is 0.313 e. The van der Waals surface area contributed by atoms with Crippen LogP contribution < -0.4 is 15.4 Å². The molecule has 148 valence electrons. The Hall–Kier alpha value is -1.73. The molecule has 1 aromatic rings. The topological polar surface area (TPSA) is 70.7 Å². The number of carbonyl (C=O) groups excluding carboxylic acids is 2. The third-order valence-electron chi connectivity index (χ3n) is 5.47. The van der Waals surface area contributed by atoms with Crippen molar-refractivity contribution in [3.63, 3.8) is 0 Å². The molecular formula is C20H29N3O3S. The Morgan fingerprint density at radius 2 is 1.81 bits per heavy atom. The van der Waals surface area contributed by atoms with Crippen molar-refractivity contribution in [3.05, 3.63) is 24.3 Å². The van der Waals surface area contributed by atoms with Gasteiger partial charge in [0.2, 0.25) is 0 Å². The van der Waals surface area contributed by atoms with E-state index in [0.29, 0.717) is 23.9 Å². The zero-order valence-electron chi connectivity index (χ0n) is 15.9. The first-order valence-electron chi connectivity index (χ1n) is 9.71. The Balaban J connectivity index is 1.39. The van der Waals surface area contributed by atoms with Crippen molar-refractivity contribution in [3.8, 4) is 5.75 Å². The van der Waals surface area contributed by atoms with Crippen LogP contribution in [-0.4, -0.2) is 61.0 Å². The van der Waals surface area contributed by atoms with E-state index < -0.39 is 11.8 Å². The average Bonchev–Trinajstić information content (AvgIpc) is 2.73. The van der Waals surface area contributed by atoms with Crippen molar-refractivity contribution in [2.45, 2.75) is 31.7 Å². The SMILES string of the molecule is COc1ccccc1NC(=O)C(=O)NCC1CCN(C2CCSCC2)CC1. The Bertz CT molecular complexity index is 641. The van der Waals surface area contributed by atoms with Gasteiger partial charge >= 0.3 is 11.8 Å². The quantitative estimate of drug-likeness (QED) is 0.754. The minimum Gasteiger partial charge on any atom is -0.495 e. The fourth-order valence-electron chi connectivity index (χ4n) is 3.82. The van der Waals surface area contributed by atoms with Gasteiger partial charge in [0.05, 0.1) is 12.8 Å².